The molecule has 0 aliphatic rings. The molecule has 1 N–H and O–H groups in total. The van der Waals surface area contributed by atoms with Crippen LogP contribution < -0.4 is 5.32 Å². The lowest BCUT2D eigenvalue weighted by Crippen LogP contribution is -2.16. The number of anilines is 1. The van der Waals surface area contributed by atoms with Gasteiger partial charge in [-0.05, 0) is 43.7 Å². The molecule has 3 aromatic carbocycles. The summed E-state index contributed by atoms with van der Waals surface area (Å²) < 4.78 is 25.0. The predicted molar refractivity (Wildman–Crippen MR) is 127 cm³/mol. The fourth-order valence-corrected chi connectivity index (χ4v) is 5.98. The maximum absolute atomic E-state index is 13.8. The molecule has 168 valence electrons. The Morgan fingerprint density at radius 1 is 0.969 bits per heavy atom. The minimum absolute atomic E-state index is 0.0965. The van der Waals surface area contributed by atoms with Gasteiger partial charge in [-0.3, -0.25) is 14.7 Å². The number of hydrogen-bond donors (Lipinski definition) is 1. The second-order valence-corrected chi connectivity index (χ2v) is 9.91. The fourth-order valence-electron chi connectivity index (χ4n) is 3.14. The second kappa shape index (κ2) is 11.3. The quantitative estimate of drug-likeness (QED) is 0.180. The Kier molecular flexibility index (Phi) is 8.47. The van der Waals surface area contributed by atoms with E-state index in [0.717, 1.165) is 15.5 Å². The number of para-hydroxylation sites is 1. The zero-order chi connectivity index (χ0) is 23.0. The van der Waals surface area contributed by atoms with Gasteiger partial charge in [0.2, 0.25) is 0 Å². The van der Waals surface area contributed by atoms with Gasteiger partial charge >= 0.3 is 7.60 Å². The highest BCUT2D eigenvalue weighted by atomic mass is 32.2. The van der Waals surface area contributed by atoms with Gasteiger partial charge in [0.05, 0.1) is 18.1 Å². The lowest BCUT2D eigenvalue weighted by atomic mass is 10.2. The van der Waals surface area contributed by atoms with Gasteiger partial charge in [-0.1, -0.05) is 54.2 Å². The van der Waals surface area contributed by atoms with Crippen molar-refractivity contribution in [2.45, 2.75) is 29.4 Å². The lowest BCUT2D eigenvalue weighted by molar-refractivity contribution is -0.384. The smallest absolute Gasteiger partial charge is 0.357 e. The molecule has 1 atom stereocenters. The first kappa shape index (κ1) is 24.0. The maximum Gasteiger partial charge on any atom is 0.357 e. The molecule has 0 aromatic heterocycles. The molecule has 0 saturated heterocycles. The van der Waals surface area contributed by atoms with E-state index in [4.69, 9.17) is 9.05 Å². The van der Waals surface area contributed by atoms with Gasteiger partial charge in [0.15, 0.2) is 5.78 Å². The van der Waals surface area contributed by atoms with Gasteiger partial charge in [-0.2, -0.15) is 0 Å². The van der Waals surface area contributed by atoms with Crippen LogP contribution in [0.15, 0.2) is 88.7 Å². The van der Waals surface area contributed by atoms with Crippen molar-refractivity contribution in [3.8, 4) is 0 Å². The van der Waals surface area contributed by atoms with Gasteiger partial charge in [-0.25, -0.2) is 0 Å². The zero-order valence-corrected chi connectivity index (χ0v) is 19.6. The molecule has 1 unspecified atom stereocenters. The number of nitrogens with zero attached hydrogens (tertiary/aromatic N) is 1. The van der Waals surface area contributed by atoms with Crippen molar-refractivity contribution >= 4 is 30.7 Å². The first-order valence-corrected chi connectivity index (χ1v) is 12.6. The van der Waals surface area contributed by atoms with E-state index >= 15 is 0 Å². The molecule has 0 saturated carbocycles. The van der Waals surface area contributed by atoms with Crippen LogP contribution in [0.1, 0.15) is 25.2 Å². The van der Waals surface area contributed by atoms with Crippen molar-refractivity contribution in [1.29, 1.82) is 0 Å². The van der Waals surface area contributed by atoms with Crippen LogP contribution in [0.25, 0.3) is 0 Å². The molecule has 32 heavy (non-hydrogen) atoms. The fraction of sp³-hybridized carbons (Fsp3) is 0.217. The Morgan fingerprint density at radius 2 is 1.62 bits per heavy atom. The molecule has 0 aliphatic heterocycles. The summed E-state index contributed by atoms with van der Waals surface area (Å²) >= 11 is 1.55. The number of benzene rings is 3. The van der Waals surface area contributed by atoms with E-state index in [1.165, 1.54) is 12.1 Å². The van der Waals surface area contributed by atoms with E-state index in [9.17, 15) is 14.7 Å². The Hall–Kier alpha value is -2.64. The largest absolute Gasteiger partial charge is 0.367 e. The minimum atomic E-state index is -3.71. The number of non-ortho nitro benzene ring substituents is 1. The molecular formula is C23H25N2O5PS. The summed E-state index contributed by atoms with van der Waals surface area (Å²) in [4.78, 5) is 12.8. The molecule has 7 nitrogen and oxygen atoms in total. The van der Waals surface area contributed by atoms with Gasteiger partial charge in [0.1, 0.15) is 0 Å². The van der Waals surface area contributed by atoms with Crippen LogP contribution in [0.3, 0.4) is 0 Å². The molecule has 9 heteroatoms. The van der Waals surface area contributed by atoms with E-state index < -0.39 is 18.3 Å². The normalized spacial score (nSPS) is 12.3. The van der Waals surface area contributed by atoms with Gasteiger partial charge < -0.3 is 14.4 Å². The third-order valence-electron chi connectivity index (χ3n) is 4.48. The molecule has 0 aliphatic carbocycles. The predicted octanol–water partition coefficient (Wildman–Crippen LogP) is 7.12. The lowest BCUT2D eigenvalue weighted by Gasteiger charge is -2.28. The molecule has 0 heterocycles. The van der Waals surface area contributed by atoms with Crippen molar-refractivity contribution in [2.24, 2.45) is 0 Å². The molecule has 0 radical (unpaired) electrons. The first-order chi connectivity index (χ1) is 15.5. The number of rotatable bonds is 11. The highest BCUT2D eigenvalue weighted by molar-refractivity contribution is 7.99. The summed E-state index contributed by atoms with van der Waals surface area (Å²) in [5, 5.41) is 14.6. The van der Waals surface area contributed by atoms with Crippen molar-refractivity contribution in [3.05, 3.63) is 94.5 Å². The van der Waals surface area contributed by atoms with Gasteiger partial charge in [-0.15, -0.1) is 0 Å². The standard InChI is InChI=1S/C23H25N2O5PS/c1-3-29-31(28,30-4-2)23(18-11-10-12-19(17-18)25(26)27)24-21-15-8-9-16-22(21)32-20-13-6-5-7-14-20/h5-17,23-24H,3-4H2,1-2H3. The van der Waals surface area contributed by atoms with E-state index in [2.05, 4.69) is 5.32 Å². The van der Waals surface area contributed by atoms with Crippen LogP contribution in [0, 0.1) is 10.1 Å². The molecule has 3 rings (SSSR count). The Labute approximate surface area is 191 Å². The molecule has 0 fully saturated rings. The topological polar surface area (TPSA) is 90.7 Å². The number of nitro benzene ring substituents is 1. The number of nitro groups is 1. The van der Waals surface area contributed by atoms with Crippen LogP contribution in [-0.4, -0.2) is 18.1 Å². The van der Waals surface area contributed by atoms with Gasteiger partial charge in [0, 0.05) is 27.6 Å². The molecule has 0 bridgehead atoms. The van der Waals surface area contributed by atoms with E-state index in [0.29, 0.717) is 5.56 Å². The van der Waals surface area contributed by atoms with Crippen LogP contribution in [0.4, 0.5) is 11.4 Å². The van der Waals surface area contributed by atoms with Crippen molar-refractivity contribution in [3.63, 3.8) is 0 Å². The SMILES string of the molecule is CCOP(=O)(OCC)C(Nc1ccccc1Sc1ccccc1)c1cccc([N+](=O)[O-])c1. The maximum atomic E-state index is 13.8. The average Bonchev–Trinajstić information content (AvgIpc) is 2.79. The second-order valence-electron chi connectivity index (χ2n) is 6.69. The van der Waals surface area contributed by atoms with E-state index in [1.807, 2.05) is 54.6 Å². The van der Waals surface area contributed by atoms with Crippen LogP contribution in [-0.2, 0) is 13.6 Å². The van der Waals surface area contributed by atoms with E-state index in [-0.39, 0.29) is 18.9 Å². The highest BCUT2D eigenvalue weighted by Crippen LogP contribution is 2.61. The Balaban J connectivity index is 2.04. The third kappa shape index (κ3) is 5.99. The molecule has 0 amide bonds. The monoisotopic (exact) mass is 472 g/mol. The van der Waals surface area contributed by atoms with E-state index in [1.54, 1.807) is 37.7 Å². The summed E-state index contributed by atoms with van der Waals surface area (Å²) in [5.41, 5.74) is 1.07. The number of hydrogen-bond acceptors (Lipinski definition) is 7. The Bertz CT molecular complexity index is 1090. The summed E-state index contributed by atoms with van der Waals surface area (Å²) in [6, 6.07) is 23.5. The van der Waals surface area contributed by atoms with Gasteiger partial charge in [0.25, 0.3) is 5.69 Å². The summed E-state index contributed by atoms with van der Waals surface area (Å²) in [7, 11) is -3.71. The van der Waals surface area contributed by atoms with Crippen LogP contribution in [0.2, 0.25) is 0 Å². The minimum Gasteiger partial charge on any atom is -0.367 e. The van der Waals surface area contributed by atoms with Crippen molar-refractivity contribution in [2.75, 3.05) is 18.5 Å². The summed E-state index contributed by atoms with van der Waals surface area (Å²) in [6.07, 6.45) is 0. The highest BCUT2D eigenvalue weighted by Gasteiger charge is 2.38. The average molecular weight is 473 g/mol. The molecule has 3 aromatic rings. The van der Waals surface area contributed by atoms with Crippen molar-refractivity contribution in [1.82, 2.24) is 0 Å². The zero-order valence-electron chi connectivity index (χ0n) is 17.8. The molecular weight excluding hydrogens is 447 g/mol. The number of nitrogens with one attached hydrogen (secondary N) is 1. The van der Waals surface area contributed by atoms with Crippen LogP contribution >= 0.6 is 19.4 Å². The van der Waals surface area contributed by atoms with Crippen molar-refractivity contribution < 1.29 is 18.5 Å². The molecule has 0 spiro atoms. The third-order valence-corrected chi connectivity index (χ3v) is 7.86. The first-order valence-electron chi connectivity index (χ1n) is 10.2. The Morgan fingerprint density at radius 3 is 2.28 bits per heavy atom. The summed E-state index contributed by atoms with van der Waals surface area (Å²) in [6.45, 7) is 3.81. The summed E-state index contributed by atoms with van der Waals surface area (Å²) in [5.74, 6) is -0.931. The van der Waals surface area contributed by atoms with Crippen LogP contribution in [0.5, 0.6) is 0 Å².